The number of carbonyl (C=O) groups is 1. The van der Waals surface area contributed by atoms with Crippen LogP contribution in [0.1, 0.15) is 22.8 Å². The van der Waals surface area contributed by atoms with Crippen LogP contribution in [0.4, 0.5) is 15.8 Å². The van der Waals surface area contributed by atoms with Gasteiger partial charge in [0.05, 0.1) is 10.6 Å². The minimum Gasteiger partial charge on any atom is -0.322 e. The van der Waals surface area contributed by atoms with Crippen LogP contribution in [0.2, 0.25) is 0 Å². The molecule has 7 heteroatoms. The van der Waals surface area contributed by atoms with Gasteiger partial charge in [-0.3, -0.25) is 9.52 Å². The molecule has 144 valence electrons. The third kappa shape index (κ3) is 4.55. The van der Waals surface area contributed by atoms with Gasteiger partial charge in [0.25, 0.3) is 15.9 Å². The third-order valence-electron chi connectivity index (χ3n) is 4.13. The molecule has 0 aromatic heterocycles. The molecule has 0 saturated heterocycles. The molecule has 0 spiro atoms. The van der Waals surface area contributed by atoms with E-state index in [-0.39, 0.29) is 16.1 Å². The molecule has 5 nitrogen and oxygen atoms in total. The fourth-order valence-corrected chi connectivity index (χ4v) is 3.85. The van der Waals surface area contributed by atoms with Crippen molar-refractivity contribution in [1.29, 1.82) is 0 Å². The molecule has 0 saturated carbocycles. The first kappa shape index (κ1) is 19.6. The zero-order valence-electron chi connectivity index (χ0n) is 15.1. The smallest absolute Gasteiger partial charge is 0.261 e. The first-order chi connectivity index (χ1) is 13.4. The fourth-order valence-electron chi connectivity index (χ4n) is 2.71. The maximum absolute atomic E-state index is 13.3. The first-order valence-electron chi connectivity index (χ1n) is 8.67. The van der Waals surface area contributed by atoms with Crippen LogP contribution in [0.15, 0.2) is 77.7 Å². The molecule has 0 aliphatic rings. The summed E-state index contributed by atoms with van der Waals surface area (Å²) in [6.45, 7) is 1.94. The maximum Gasteiger partial charge on any atom is 0.261 e. The van der Waals surface area contributed by atoms with Gasteiger partial charge < -0.3 is 5.32 Å². The number of benzene rings is 3. The van der Waals surface area contributed by atoms with E-state index >= 15 is 0 Å². The predicted molar refractivity (Wildman–Crippen MR) is 107 cm³/mol. The molecule has 0 aliphatic heterocycles. The van der Waals surface area contributed by atoms with Gasteiger partial charge in [0.15, 0.2) is 0 Å². The quantitative estimate of drug-likeness (QED) is 0.645. The van der Waals surface area contributed by atoms with Crippen molar-refractivity contribution in [3.63, 3.8) is 0 Å². The Morgan fingerprint density at radius 2 is 1.71 bits per heavy atom. The van der Waals surface area contributed by atoms with Gasteiger partial charge in [-0.2, -0.15) is 0 Å². The molecule has 1 amide bonds. The Hall–Kier alpha value is -3.19. The lowest BCUT2D eigenvalue weighted by molar-refractivity contribution is 0.102. The lowest BCUT2D eigenvalue weighted by Crippen LogP contribution is -2.16. The van der Waals surface area contributed by atoms with Crippen molar-refractivity contribution in [1.82, 2.24) is 0 Å². The highest BCUT2D eigenvalue weighted by Crippen LogP contribution is 2.21. The molecule has 0 bridgehead atoms. The van der Waals surface area contributed by atoms with Crippen LogP contribution in [0.5, 0.6) is 0 Å². The molecule has 3 rings (SSSR count). The second-order valence-corrected chi connectivity index (χ2v) is 7.79. The molecule has 0 heterocycles. The summed E-state index contributed by atoms with van der Waals surface area (Å²) in [4.78, 5) is 12.4. The molecular formula is C21H19FN2O3S. The molecule has 2 N–H and O–H groups in total. The van der Waals surface area contributed by atoms with E-state index in [2.05, 4.69) is 10.0 Å². The Labute approximate surface area is 163 Å². The zero-order valence-corrected chi connectivity index (χ0v) is 16.0. The van der Waals surface area contributed by atoms with E-state index in [0.29, 0.717) is 12.1 Å². The minimum absolute atomic E-state index is 0.0368. The van der Waals surface area contributed by atoms with E-state index in [4.69, 9.17) is 0 Å². The summed E-state index contributed by atoms with van der Waals surface area (Å²) in [6.07, 6.45) is 0.675. The third-order valence-corrected chi connectivity index (χ3v) is 5.49. The van der Waals surface area contributed by atoms with E-state index in [0.717, 1.165) is 5.56 Å². The Morgan fingerprint density at radius 3 is 2.46 bits per heavy atom. The summed E-state index contributed by atoms with van der Waals surface area (Å²) < 4.78 is 41.3. The van der Waals surface area contributed by atoms with Gasteiger partial charge in [-0.1, -0.05) is 37.3 Å². The summed E-state index contributed by atoms with van der Waals surface area (Å²) in [7, 11) is -3.87. The number of anilines is 2. The number of rotatable bonds is 6. The monoisotopic (exact) mass is 398 g/mol. The van der Waals surface area contributed by atoms with Crippen LogP contribution in [-0.2, 0) is 16.4 Å². The summed E-state index contributed by atoms with van der Waals surface area (Å²) in [5, 5.41) is 2.55. The first-order valence-corrected chi connectivity index (χ1v) is 10.1. The van der Waals surface area contributed by atoms with Crippen molar-refractivity contribution in [3.8, 4) is 0 Å². The van der Waals surface area contributed by atoms with Crippen LogP contribution in [0.25, 0.3) is 0 Å². The fraction of sp³-hybridized carbons (Fsp3) is 0.0952. The van der Waals surface area contributed by atoms with Gasteiger partial charge in [-0.15, -0.1) is 0 Å². The summed E-state index contributed by atoms with van der Waals surface area (Å²) in [5.41, 5.74) is 1.80. The summed E-state index contributed by atoms with van der Waals surface area (Å²) in [6, 6.07) is 18.3. The number of sulfonamides is 1. The van der Waals surface area contributed by atoms with Crippen molar-refractivity contribution >= 4 is 27.3 Å². The number of nitrogens with one attached hydrogen (secondary N) is 2. The second kappa shape index (κ2) is 8.22. The van der Waals surface area contributed by atoms with Gasteiger partial charge >= 0.3 is 0 Å². The molecule has 3 aromatic carbocycles. The minimum atomic E-state index is -3.87. The molecule has 0 aliphatic carbocycles. The number of para-hydroxylation sites is 1. The highest BCUT2D eigenvalue weighted by Gasteiger charge is 2.18. The lowest BCUT2D eigenvalue weighted by Gasteiger charge is -2.12. The van der Waals surface area contributed by atoms with Crippen LogP contribution >= 0.6 is 0 Å². The molecule has 0 unspecified atom stereocenters. The second-order valence-electron chi connectivity index (χ2n) is 6.11. The maximum atomic E-state index is 13.3. The number of halogens is 1. The zero-order chi connectivity index (χ0) is 20.1. The van der Waals surface area contributed by atoms with Crippen LogP contribution in [-0.4, -0.2) is 14.3 Å². The SMILES string of the molecule is CCc1ccccc1NS(=O)(=O)c1cccc(C(=O)Nc2cccc(F)c2)c1. The van der Waals surface area contributed by atoms with Crippen LogP contribution in [0, 0.1) is 5.82 Å². The lowest BCUT2D eigenvalue weighted by atomic mass is 10.1. The highest BCUT2D eigenvalue weighted by molar-refractivity contribution is 7.92. The van der Waals surface area contributed by atoms with E-state index < -0.39 is 21.7 Å². The highest BCUT2D eigenvalue weighted by atomic mass is 32.2. The Morgan fingerprint density at radius 1 is 0.964 bits per heavy atom. The van der Waals surface area contributed by atoms with E-state index in [1.165, 1.54) is 42.5 Å². The van der Waals surface area contributed by atoms with Crippen molar-refractivity contribution in [2.75, 3.05) is 10.0 Å². The normalized spacial score (nSPS) is 11.1. The van der Waals surface area contributed by atoms with Gasteiger partial charge in [-0.05, 0) is 54.4 Å². The van der Waals surface area contributed by atoms with Crippen LogP contribution in [0.3, 0.4) is 0 Å². The molecule has 28 heavy (non-hydrogen) atoms. The van der Waals surface area contributed by atoms with Crippen molar-refractivity contribution in [3.05, 3.63) is 89.7 Å². The van der Waals surface area contributed by atoms with Gasteiger partial charge in [0.2, 0.25) is 0 Å². The molecule has 0 radical (unpaired) electrons. The number of amides is 1. The summed E-state index contributed by atoms with van der Waals surface area (Å²) in [5.74, 6) is -1.01. The molecule has 0 atom stereocenters. The average Bonchev–Trinajstić information content (AvgIpc) is 2.68. The van der Waals surface area contributed by atoms with E-state index in [1.54, 1.807) is 18.2 Å². The van der Waals surface area contributed by atoms with Gasteiger partial charge in [0, 0.05) is 11.3 Å². The number of carbonyl (C=O) groups excluding carboxylic acids is 1. The van der Waals surface area contributed by atoms with Crippen LogP contribution < -0.4 is 10.0 Å². The standard InChI is InChI=1S/C21H19FN2O3S/c1-2-15-7-3-4-12-20(15)24-28(26,27)19-11-5-8-16(13-19)21(25)23-18-10-6-9-17(22)14-18/h3-14,24H,2H2,1H3,(H,23,25). The van der Waals surface area contributed by atoms with E-state index in [9.17, 15) is 17.6 Å². The Bertz CT molecular complexity index is 1110. The average molecular weight is 398 g/mol. The van der Waals surface area contributed by atoms with Crippen molar-refractivity contribution in [2.24, 2.45) is 0 Å². The Balaban J connectivity index is 1.84. The van der Waals surface area contributed by atoms with Gasteiger partial charge in [-0.25, -0.2) is 12.8 Å². The van der Waals surface area contributed by atoms with E-state index in [1.807, 2.05) is 19.1 Å². The number of hydrogen-bond donors (Lipinski definition) is 2. The topological polar surface area (TPSA) is 75.3 Å². The largest absolute Gasteiger partial charge is 0.322 e. The van der Waals surface area contributed by atoms with Crippen molar-refractivity contribution in [2.45, 2.75) is 18.2 Å². The molecule has 3 aromatic rings. The molecular weight excluding hydrogens is 379 g/mol. The van der Waals surface area contributed by atoms with Crippen molar-refractivity contribution < 1.29 is 17.6 Å². The summed E-state index contributed by atoms with van der Waals surface area (Å²) >= 11 is 0. The molecule has 0 fully saturated rings. The van der Waals surface area contributed by atoms with Gasteiger partial charge in [0.1, 0.15) is 5.82 Å². The Kier molecular flexibility index (Phi) is 5.75. The number of aryl methyl sites for hydroxylation is 1. The predicted octanol–water partition coefficient (Wildman–Crippen LogP) is 4.44. The number of hydrogen-bond acceptors (Lipinski definition) is 3.